The van der Waals surface area contributed by atoms with E-state index in [2.05, 4.69) is 11.9 Å². The summed E-state index contributed by atoms with van der Waals surface area (Å²) in [5.41, 5.74) is 0.421. The van der Waals surface area contributed by atoms with Gasteiger partial charge in [-0.15, -0.1) is 0 Å². The Morgan fingerprint density at radius 3 is 2.31 bits per heavy atom. The number of methoxy groups -OCH3 is 3. The fraction of sp³-hybridized carbons (Fsp3) is 0.650. The van der Waals surface area contributed by atoms with E-state index >= 15 is 0 Å². The third-order valence-electron chi connectivity index (χ3n) is 5.69. The lowest BCUT2D eigenvalue weighted by atomic mass is 9.74. The lowest BCUT2D eigenvalue weighted by molar-refractivity contribution is -0.00840. The number of esters is 1. The minimum Gasteiger partial charge on any atom is -0.493 e. The quantitative estimate of drug-likeness (QED) is 0.750. The van der Waals surface area contributed by atoms with E-state index in [1.165, 1.54) is 20.6 Å². The Balaban J connectivity index is 1.68. The first kappa shape index (κ1) is 18.8. The van der Waals surface area contributed by atoms with Crippen LogP contribution in [0.1, 0.15) is 36.0 Å². The van der Waals surface area contributed by atoms with E-state index in [-0.39, 0.29) is 12.1 Å². The monoisotopic (exact) mass is 363 g/mol. The molecule has 1 saturated carbocycles. The molecule has 1 aromatic rings. The summed E-state index contributed by atoms with van der Waals surface area (Å²) in [4.78, 5) is 15.1. The van der Waals surface area contributed by atoms with Crippen LogP contribution in [0.2, 0.25) is 0 Å². The van der Waals surface area contributed by atoms with Gasteiger partial charge < -0.3 is 23.8 Å². The second-order valence-electron chi connectivity index (χ2n) is 7.33. The molecule has 1 aliphatic carbocycles. The minimum absolute atomic E-state index is 0.00810. The maximum absolute atomic E-state index is 12.7. The fourth-order valence-electron chi connectivity index (χ4n) is 4.28. The van der Waals surface area contributed by atoms with Crippen LogP contribution in [0.5, 0.6) is 17.2 Å². The molecule has 2 aliphatic rings. The van der Waals surface area contributed by atoms with Crippen LogP contribution in [0, 0.1) is 11.8 Å². The number of hydrogen-bond acceptors (Lipinski definition) is 6. The van der Waals surface area contributed by atoms with Gasteiger partial charge in [0.1, 0.15) is 6.10 Å². The third-order valence-corrected chi connectivity index (χ3v) is 5.69. The lowest BCUT2D eigenvalue weighted by Crippen LogP contribution is -2.42. The van der Waals surface area contributed by atoms with E-state index in [4.69, 9.17) is 18.9 Å². The normalized spacial score (nSPS) is 25.9. The van der Waals surface area contributed by atoms with Crippen LogP contribution in [-0.2, 0) is 4.74 Å². The molecule has 2 fully saturated rings. The van der Waals surface area contributed by atoms with Crippen molar-refractivity contribution in [2.45, 2.75) is 31.8 Å². The summed E-state index contributed by atoms with van der Waals surface area (Å²) < 4.78 is 21.8. The minimum atomic E-state index is -0.333. The smallest absolute Gasteiger partial charge is 0.338 e. The zero-order chi connectivity index (χ0) is 18.7. The number of carbonyl (C=O) groups is 1. The van der Waals surface area contributed by atoms with Crippen LogP contribution in [-0.4, -0.2) is 58.4 Å². The molecule has 6 heteroatoms. The van der Waals surface area contributed by atoms with Crippen molar-refractivity contribution in [3.63, 3.8) is 0 Å². The Kier molecular flexibility index (Phi) is 5.91. The summed E-state index contributed by atoms with van der Waals surface area (Å²) in [5.74, 6) is 2.46. The molecule has 1 aliphatic heterocycles. The molecular formula is C20H29NO5. The molecule has 0 bridgehead atoms. The third kappa shape index (κ3) is 3.90. The van der Waals surface area contributed by atoms with Gasteiger partial charge in [0, 0.05) is 6.54 Å². The van der Waals surface area contributed by atoms with Crippen molar-refractivity contribution >= 4 is 5.97 Å². The van der Waals surface area contributed by atoms with Crippen LogP contribution in [0.15, 0.2) is 12.1 Å². The van der Waals surface area contributed by atoms with Gasteiger partial charge in [0.2, 0.25) is 5.75 Å². The molecule has 0 N–H and O–H groups in total. The van der Waals surface area contributed by atoms with Gasteiger partial charge in [-0.1, -0.05) is 0 Å². The van der Waals surface area contributed by atoms with E-state index in [1.54, 1.807) is 19.2 Å². The molecule has 6 nitrogen and oxygen atoms in total. The summed E-state index contributed by atoms with van der Waals surface area (Å²) in [5, 5.41) is 0. The van der Waals surface area contributed by atoms with Gasteiger partial charge in [-0.2, -0.15) is 0 Å². The number of nitrogens with zero attached hydrogens (tertiary/aromatic N) is 1. The molecule has 3 rings (SSSR count). The van der Waals surface area contributed by atoms with Gasteiger partial charge in [0.15, 0.2) is 11.5 Å². The SMILES string of the molecule is COc1cc(C(=O)OC2CCC3CN(C)CCC3C2)cc(OC)c1OC. The molecule has 144 valence electrons. The second kappa shape index (κ2) is 8.16. The number of hydrogen-bond donors (Lipinski definition) is 0. The van der Waals surface area contributed by atoms with Crippen molar-refractivity contribution in [1.82, 2.24) is 4.90 Å². The van der Waals surface area contributed by atoms with Gasteiger partial charge in [-0.3, -0.25) is 0 Å². The number of carbonyl (C=O) groups excluding carboxylic acids is 1. The Morgan fingerprint density at radius 2 is 1.69 bits per heavy atom. The topological polar surface area (TPSA) is 57.2 Å². The molecule has 0 spiro atoms. The summed E-state index contributed by atoms with van der Waals surface area (Å²) in [6.45, 7) is 2.30. The van der Waals surface area contributed by atoms with Crippen LogP contribution in [0.4, 0.5) is 0 Å². The Bertz CT molecular complexity index is 622. The van der Waals surface area contributed by atoms with E-state index in [9.17, 15) is 4.79 Å². The van der Waals surface area contributed by atoms with Gasteiger partial charge in [0.25, 0.3) is 0 Å². The Hall–Kier alpha value is -1.95. The maximum atomic E-state index is 12.7. The Labute approximate surface area is 155 Å². The predicted molar refractivity (Wildman–Crippen MR) is 98.2 cm³/mol. The summed E-state index contributed by atoms with van der Waals surface area (Å²) in [6.07, 6.45) is 4.22. The number of fused-ring (bicyclic) bond motifs is 1. The second-order valence-corrected chi connectivity index (χ2v) is 7.33. The van der Waals surface area contributed by atoms with Gasteiger partial charge in [0.05, 0.1) is 26.9 Å². The molecule has 3 atom stereocenters. The van der Waals surface area contributed by atoms with E-state index in [0.29, 0.717) is 28.7 Å². The number of benzene rings is 1. The number of ether oxygens (including phenoxy) is 4. The van der Waals surface area contributed by atoms with E-state index in [0.717, 1.165) is 38.3 Å². The summed E-state index contributed by atoms with van der Waals surface area (Å²) >= 11 is 0. The molecule has 1 aromatic carbocycles. The van der Waals surface area contributed by atoms with E-state index in [1.807, 2.05) is 0 Å². The number of piperidine rings is 1. The van der Waals surface area contributed by atoms with Crippen molar-refractivity contribution in [3.8, 4) is 17.2 Å². The summed E-state index contributed by atoms with van der Waals surface area (Å²) in [6, 6.07) is 3.29. The average molecular weight is 363 g/mol. The Morgan fingerprint density at radius 1 is 1.00 bits per heavy atom. The predicted octanol–water partition coefficient (Wildman–Crippen LogP) is 2.99. The van der Waals surface area contributed by atoms with Crippen LogP contribution in [0.25, 0.3) is 0 Å². The highest BCUT2D eigenvalue weighted by atomic mass is 16.5. The van der Waals surface area contributed by atoms with Gasteiger partial charge in [-0.25, -0.2) is 4.79 Å². The van der Waals surface area contributed by atoms with Crippen LogP contribution < -0.4 is 14.2 Å². The fourth-order valence-corrected chi connectivity index (χ4v) is 4.28. The van der Waals surface area contributed by atoms with Crippen LogP contribution >= 0.6 is 0 Å². The van der Waals surface area contributed by atoms with Crippen molar-refractivity contribution in [1.29, 1.82) is 0 Å². The van der Waals surface area contributed by atoms with Gasteiger partial charge in [-0.05, 0) is 63.2 Å². The molecular weight excluding hydrogens is 334 g/mol. The summed E-state index contributed by atoms with van der Waals surface area (Å²) in [7, 11) is 6.80. The zero-order valence-electron chi connectivity index (χ0n) is 16.1. The highest BCUT2D eigenvalue weighted by molar-refractivity contribution is 5.91. The standard InChI is InChI=1S/C20H29NO5/c1-21-8-7-13-9-16(6-5-14(13)12-21)26-20(22)15-10-17(23-2)19(25-4)18(11-15)24-3/h10-11,13-14,16H,5-9,12H2,1-4H3. The highest BCUT2D eigenvalue weighted by Gasteiger charge is 2.35. The molecule has 1 heterocycles. The van der Waals surface area contributed by atoms with Crippen molar-refractivity contribution in [2.24, 2.45) is 11.8 Å². The largest absolute Gasteiger partial charge is 0.493 e. The van der Waals surface area contributed by atoms with Crippen molar-refractivity contribution < 1.29 is 23.7 Å². The average Bonchev–Trinajstić information content (AvgIpc) is 2.66. The maximum Gasteiger partial charge on any atom is 0.338 e. The zero-order valence-corrected chi connectivity index (χ0v) is 16.1. The highest BCUT2D eigenvalue weighted by Crippen LogP contribution is 2.40. The molecule has 3 unspecified atom stereocenters. The first-order chi connectivity index (χ1) is 12.5. The molecule has 0 aromatic heterocycles. The first-order valence-corrected chi connectivity index (χ1v) is 9.25. The first-order valence-electron chi connectivity index (χ1n) is 9.25. The van der Waals surface area contributed by atoms with Crippen molar-refractivity contribution in [2.75, 3.05) is 41.5 Å². The van der Waals surface area contributed by atoms with E-state index < -0.39 is 0 Å². The molecule has 1 saturated heterocycles. The number of likely N-dealkylation sites (tertiary alicyclic amines) is 1. The van der Waals surface area contributed by atoms with Crippen LogP contribution in [0.3, 0.4) is 0 Å². The lowest BCUT2D eigenvalue weighted by Gasteiger charge is -2.42. The molecule has 0 radical (unpaired) electrons. The van der Waals surface area contributed by atoms with Crippen molar-refractivity contribution in [3.05, 3.63) is 17.7 Å². The molecule has 26 heavy (non-hydrogen) atoms. The molecule has 0 amide bonds. The van der Waals surface area contributed by atoms with Gasteiger partial charge >= 0.3 is 5.97 Å². The number of rotatable bonds is 5.